The molecule has 0 bridgehead atoms. The summed E-state index contributed by atoms with van der Waals surface area (Å²) in [7, 11) is 0. The van der Waals surface area contributed by atoms with Crippen LogP contribution in [0.5, 0.6) is 0 Å². The average Bonchev–Trinajstić information content (AvgIpc) is 2.38. The first-order valence-corrected chi connectivity index (χ1v) is 6.38. The number of pyridine rings is 1. The molecule has 2 N–H and O–H groups in total. The lowest BCUT2D eigenvalue weighted by atomic mass is 10.1. The maximum Gasteiger partial charge on any atom is 0.0599 e. The van der Waals surface area contributed by atoms with Crippen molar-refractivity contribution in [2.24, 2.45) is 5.73 Å². The Kier molecular flexibility index (Phi) is 3.97. The fourth-order valence-corrected chi connectivity index (χ4v) is 2.56. The lowest BCUT2D eigenvalue weighted by Crippen LogP contribution is -2.52. The highest BCUT2D eigenvalue weighted by Gasteiger charge is 2.23. The van der Waals surface area contributed by atoms with E-state index in [1.165, 1.54) is 11.3 Å². The normalized spacial score (nSPS) is 21.8. The molecular formula is C13H22N4. The minimum absolute atomic E-state index is 0.584. The van der Waals surface area contributed by atoms with Crippen LogP contribution in [0.15, 0.2) is 18.5 Å². The van der Waals surface area contributed by atoms with E-state index in [4.69, 9.17) is 5.73 Å². The number of anilines is 1. The third-order valence-electron chi connectivity index (χ3n) is 3.62. The maximum atomic E-state index is 5.78. The van der Waals surface area contributed by atoms with Crippen LogP contribution in [-0.4, -0.2) is 42.1 Å². The van der Waals surface area contributed by atoms with Crippen molar-refractivity contribution < 1.29 is 0 Å². The van der Waals surface area contributed by atoms with E-state index in [9.17, 15) is 0 Å². The summed E-state index contributed by atoms with van der Waals surface area (Å²) in [6.45, 7) is 9.47. The van der Waals surface area contributed by atoms with E-state index in [-0.39, 0.29) is 0 Å². The highest BCUT2D eigenvalue weighted by atomic mass is 15.3. The first kappa shape index (κ1) is 12.3. The van der Waals surface area contributed by atoms with Gasteiger partial charge in [0.1, 0.15) is 0 Å². The molecule has 94 valence electrons. The van der Waals surface area contributed by atoms with Gasteiger partial charge in [0.15, 0.2) is 0 Å². The Labute approximate surface area is 103 Å². The van der Waals surface area contributed by atoms with Crippen LogP contribution < -0.4 is 10.6 Å². The van der Waals surface area contributed by atoms with Crippen molar-refractivity contribution in [1.82, 2.24) is 9.88 Å². The molecule has 1 atom stereocenters. The molecule has 1 aliphatic rings. The SMILES string of the molecule is CCN1CCN(c2cnccc2CN)CC1C. The minimum atomic E-state index is 0.584. The maximum absolute atomic E-state index is 5.78. The first-order chi connectivity index (χ1) is 8.26. The van der Waals surface area contributed by atoms with Crippen LogP contribution in [0.1, 0.15) is 19.4 Å². The molecule has 1 aromatic heterocycles. The van der Waals surface area contributed by atoms with Gasteiger partial charge in [-0.15, -0.1) is 0 Å². The van der Waals surface area contributed by atoms with Crippen molar-refractivity contribution in [3.8, 4) is 0 Å². The van der Waals surface area contributed by atoms with E-state index in [0.717, 1.165) is 26.2 Å². The predicted molar refractivity (Wildman–Crippen MR) is 71.1 cm³/mol. The van der Waals surface area contributed by atoms with Crippen molar-refractivity contribution in [3.63, 3.8) is 0 Å². The van der Waals surface area contributed by atoms with Crippen LogP contribution in [0.2, 0.25) is 0 Å². The van der Waals surface area contributed by atoms with Gasteiger partial charge in [-0.25, -0.2) is 0 Å². The van der Waals surface area contributed by atoms with Gasteiger partial charge in [0.05, 0.1) is 11.9 Å². The van der Waals surface area contributed by atoms with Crippen LogP contribution in [0.25, 0.3) is 0 Å². The van der Waals surface area contributed by atoms with Gasteiger partial charge in [-0.2, -0.15) is 0 Å². The molecule has 2 rings (SSSR count). The van der Waals surface area contributed by atoms with Crippen molar-refractivity contribution in [3.05, 3.63) is 24.0 Å². The number of likely N-dealkylation sites (N-methyl/N-ethyl adjacent to an activating group) is 1. The minimum Gasteiger partial charge on any atom is -0.367 e. The van der Waals surface area contributed by atoms with Crippen LogP contribution in [0.4, 0.5) is 5.69 Å². The highest BCUT2D eigenvalue weighted by molar-refractivity contribution is 5.52. The topological polar surface area (TPSA) is 45.4 Å². The standard InChI is InChI=1S/C13H22N4/c1-3-16-6-7-17(10-11(16)2)13-9-15-5-4-12(13)8-14/h4-5,9,11H,3,6-8,10,14H2,1-2H3. The van der Waals surface area contributed by atoms with E-state index in [1.807, 2.05) is 18.5 Å². The van der Waals surface area contributed by atoms with Gasteiger partial charge >= 0.3 is 0 Å². The van der Waals surface area contributed by atoms with E-state index in [2.05, 4.69) is 28.6 Å². The highest BCUT2D eigenvalue weighted by Crippen LogP contribution is 2.22. The Morgan fingerprint density at radius 1 is 1.47 bits per heavy atom. The summed E-state index contributed by atoms with van der Waals surface area (Å²) in [6, 6.07) is 2.62. The summed E-state index contributed by atoms with van der Waals surface area (Å²) >= 11 is 0. The zero-order valence-corrected chi connectivity index (χ0v) is 10.8. The summed E-state index contributed by atoms with van der Waals surface area (Å²) in [5.41, 5.74) is 8.18. The summed E-state index contributed by atoms with van der Waals surface area (Å²) in [5, 5.41) is 0. The summed E-state index contributed by atoms with van der Waals surface area (Å²) in [4.78, 5) is 9.14. The van der Waals surface area contributed by atoms with Crippen molar-refractivity contribution >= 4 is 5.69 Å². The molecule has 1 fully saturated rings. The molecule has 4 heteroatoms. The quantitative estimate of drug-likeness (QED) is 0.850. The summed E-state index contributed by atoms with van der Waals surface area (Å²) < 4.78 is 0. The number of rotatable bonds is 3. The number of aromatic nitrogens is 1. The van der Waals surface area contributed by atoms with Gasteiger partial charge in [-0.3, -0.25) is 9.88 Å². The van der Waals surface area contributed by atoms with Crippen molar-refractivity contribution in [1.29, 1.82) is 0 Å². The van der Waals surface area contributed by atoms with Gasteiger partial charge in [0.2, 0.25) is 0 Å². The number of hydrogen-bond acceptors (Lipinski definition) is 4. The van der Waals surface area contributed by atoms with Crippen LogP contribution in [0.3, 0.4) is 0 Å². The molecule has 1 unspecified atom stereocenters. The Balaban J connectivity index is 2.13. The van der Waals surface area contributed by atoms with Gasteiger partial charge in [-0.1, -0.05) is 6.92 Å². The molecule has 17 heavy (non-hydrogen) atoms. The molecule has 0 aliphatic carbocycles. The van der Waals surface area contributed by atoms with Gasteiger partial charge < -0.3 is 10.6 Å². The lowest BCUT2D eigenvalue weighted by Gasteiger charge is -2.41. The number of hydrogen-bond donors (Lipinski definition) is 1. The molecular weight excluding hydrogens is 212 g/mol. The Morgan fingerprint density at radius 2 is 2.29 bits per heavy atom. The molecule has 1 saturated heterocycles. The second-order valence-corrected chi connectivity index (χ2v) is 4.63. The fourth-order valence-electron chi connectivity index (χ4n) is 2.56. The van der Waals surface area contributed by atoms with E-state index < -0.39 is 0 Å². The fraction of sp³-hybridized carbons (Fsp3) is 0.615. The molecule has 1 aromatic rings. The lowest BCUT2D eigenvalue weighted by molar-refractivity contribution is 0.199. The summed E-state index contributed by atoms with van der Waals surface area (Å²) in [5.74, 6) is 0. The average molecular weight is 234 g/mol. The molecule has 2 heterocycles. The number of nitrogens with zero attached hydrogens (tertiary/aromatic N) is 3. The first-order valence-electron chi connectivity index (χ1n) is 6.38. The molecule has 0 saturated carbocycles. The Bertz CT molecular complexity index is 366. The van der Waals surface area contributed by atoms with Crippen molar-refractivity contribution in [2.75, 3.05) is 31.1 Å². The van der Waals surface area contributed by atoms with E-state index in [1.54, 1.807) is 0 Å². The molecule has 0 amide bonds. The third kappa shape index (κ3) is 2.58. The monoisotopic (exact) mass is 234 g/mol. The van der Waals surface area contributed by atoms with Gasteiger partial charge in [-0.05, 0) is 25.1 Å². The third-order valence-corrected chi connectivity index (χ3v) is 3.62. The van der Waals surface area contributed by atoms with Gasteiger partial charge in [0.25, 0.3) is 0 Å². The largest absolute Gasteiger partial charge is 0.367 e. The van der Waals surface area contributed by atoms with E-state index in [0.29, 0.717) is 12.6 Å². The molecule has 4 nitrogen and oxygen atoms in total. The Morgan fingerprint density at radius 3 is 2.94 bits per heavy atom. The molecule has 0 radical (unpaired) electrons. The van der Waals surface area contributed by atoms with Crippen LogP contribution >= 0.6 is 0 Å². The molecule has 0 spiro atoms. The van der Waals surface area contributed by atoms with Crippen LogP contribution in [0, 0.1) is 0 Å². The van der Waals surface area contributed by atoms with Crippen LogP contribution in [-0.2, 0) is 6.54 Å². The van der Waals surface area contributed by atoms with E-state index >= 15 is 0 Å². The van der Waals surface area contributed by atoms with Crippen molar-refractivity contribution in [2.45, 2.75) is 26.4 Å². The van der Waals surface area contributed by atoms with Gasteiger partial charge in [0, 0.05) is 38.4 Å². The second-order valence-electron chi connectivity index (χ2n) is 4.63. The zero-order valence-electron chi connectivity index (χ0n) is 10.8. The zero-order chi connectivity index (χ0) is 12.3. The Hall–Kier alpha value is -1.13. The second kappa shape index (κ2) is 5.47. The molecule has 1 aliphatic heterocycles. The number of nitrogens with two attached hydrogens (primary N) is 1. The smallest absolute Gasteiger partial charge is 0.0599 e. The number of piperazine rings is 1. The summed E-state index contributed by atoms with van der Waals surface area (Å²) in [6.07, 6.45) is 3.76. The molecule has 0 aromatic carbocycles. The predicted octanol–water partition coefficient (Wildman–Crippen LogP) is 1.07.